The van der Waals surface area contributed by atoms with Crippen LogP contribution in [0.25, 0.3) is 11.3 Å². The van der Waals surface area contributed by atoms with Gasteiger partial charge in [-0.3, -0.25) is 4.68 Å². The minimum Gasteiger partial charge on any atom is -0.481 e. The average molecular weight is 543 g/mol. The highest BCUT2D eigenvalue weighted by Gasteiger charge is 2.21. The molecule has 0 aliphatic carbocycles. The van der Waals surface area contributed by atoms with E-state index in [0.717, 1.165) is 15.6 Å². The third-order valence-electron chi connectivity index (χ3n) is 4.92. The normalized spacial score (nSPS) is 10.8. The molecule has 0 amide bonds. The summed E-state index contributed by atoms with van der Waals surface area (Å²) in [7, 11) is 1.76. The van der Waals surface area contributed by atoms with Crippen LogP contribution in [0.2, 0.25) is 0 Å². The van der Waals surface area contributed by atoms with Crippen LogP contribution in [0.3, 0.4) is 0 Å². The van der Waals surface area contributed by atoms with Gasteiger partial charge in [-0.1, -0.05) is 0 Å². The standard InChI is InChI=1S/C22H16BrFN6O3S/c1-12-27-21(20(34-12)8-17-7-16(9-25)28-29(17)2)18-4-3-15(24)5-13(18)11-33-19-6-14(23)10-26-22(19)30(31)32/h3-7,10H,8,11H2,1-2H3. The molecule has 3 heterocycles. The first-order valence-corrected chi connectivity index (χ1v) is 11.5. The molecule has 0 N–H and O–H groups in total. The highest BCUT2D eigenvalue weighted by Crippen LogP contribution is 2.34. The molecule has 3 aromatic heterocycles. The monoisotopic (exact) mass is 542 g/mol. The fourth-order valence-electron chi connectivity index (χ4n) is 3.42. The largest absolute Gasteiger partial charge is 0.481 e. The van der Waals surface area contributed by atoms with Crippen LogP contribution in [-0.2, 0) is 20.1 Å². The van der Waals surface area contributed by atoms with Crippen molar-refractivity contribution in [1.82, 2.24) is 19.7 Å². The van der Waals surface area contributed by atoms with Crippen molar-refractivity contribution in [2.75, 3.05) is 0 Å². The molecule has 0 unspecified atom stereocenters. The van der Waals surface area contributed by atoms with E-state index in [2.05, 4.69) is 31.0 Å². The van der Waals surface area contributed by atoms with Gasteiger partial charge in [0, 0.05) is 41.2 Å². The summed E-state index contributed by atoms with van der Waals surface area (Å²) in [6, 6.07) is 9.46. The first kappa shape index (κ1) is 23.5. The summed E-state index contributed by atoms with van der Waals surface area (Å²) < 4.78 is 22.0. The molecule has 172 valence electrons. The first-order valence-electron chi connectivity index (χ1n) is 9.86. The summed E-state index contributed by atoms with van der Waals surface area (Å²) in [5.74, 6) is -0.943. The van der Waals surface area contributed by atoms with Gasteiger partial charge in [-0.25, -0.2) is 9.37 Å². The average Bonchev–Trinajstić information content (AvgIpc) is 3.33. The van der Waals surface area contributed by atoms with Crippen LogP contribution in [0.15, 0.2) is 41.0 Å². The summed E-state index contributed by atoms with van der Waals surface area (Å²) >= 11 is 4.72. The summed E-state index contributed by atoms with van der Waals surface area (Å²) in [6.07, 6.45) is 1.78. The number of nitro groups is 1. The van der Waals surface area contributed by atoms with Crippen molar-refractivity contribution in [3.8, 4) is 23.1 Å². The Hall–Kier alpha value is -3.69. The number of aryl methyl sites for hydroxylation is 2. The maximum Gasteiger partial charge on any atom is 0.406 e. The molecule has 0 spiro atoms. The lowest BCUT2D eigenvalue weighted by atomic mass is 10.0. The molecule has 12 heteroatoms. The van der Waals surface area contributed by atoms with Crippen molar-refractivity contribution >= 4 is 33.1 Å². The number of benzene rings is 1. The van der Waals surface area contributed by atoms with E-state index in [1.807, 2.05) is 13.0 Å². The molecule has 1 aromatic carbocycles. The van der Waals surface area contributed by atoms with Crippen LogP contribution in [0.4, 0.5) is 10.2 Å². The Bertz CT molecular complexity index is 1450. The van der Waals surface area contributed by atoms with Crippen molar-refractivity contribution in [2.24, 2.45) is 7.05 Å². The molecule has 0 atom stereocenters. The smallest absolute Gasteiger partial charge is 0.406 e. The van der Waals surface area contributed by atoms with Crippen molar-refractivity contribution in [2.45, 2.75) is 20.0 Å². The van der Waals surface area contributed by atoms with Gasteiger partial charge in [-0.2, -0.15) is 10.4 Å². The maximum atomic E-state index is 14.2. The van der Waals surface area contributed by atoms with E-state index in [9.17, 15) is 14.5 Å². The van der Waals surface area contributed by atoms with Crippen LogP contribution in [0, 0.1) is 34.2 Å². The fraction of sp³-hybridized carbons (Fsp3) is 0.182. The maximum absolute atomic E-state index is 14.2. The number of halogens is 2. The number of pyridine rings is 1. The topological polar surface area (TPSA) is 120 Å². The molecule has 0 aliphatic rings. The molecule has 0 saturated heterocycles. The van der Waals surface area contributed by atoms with E-state index >= 15 is 0 Å². The van der Waals surface area contributed by atoms with Gasteiger partial charge in [-0.05, 0) is 57.0 Å². The van der Waals surface area contributed by atoms with E-state index < -0.39 is 16.6 Å². The minimum atomic E-state index is -0.639. The third-order valence-corrected chi connectivity index (χ3v) is 6.32. The Labute approximate surface area is 205 Å². The van der Waals surface area contributed by atoms with Gasteiger partial charge < -0.3 is 14.9 Å². The minimum absolute atomic E-state index is 0.0387. The predicted molar refractivity (Wildman–Crippen MR) is 126 cm³/mol. The van der Waals surface area contributed by atoms with Crippen LogP contribution in [-0.4, -0.2) is 24.7 Å². The van der Waals surface area contributed by atoms with Gasteiger partial charge >= 0.3 is 5.82 Å². The second-order valence-electron chi connectivity index (χ2n) is 7.26. The molecular weight excluding hydrogens is 527 g/mol. The number of nitriles is 1. The molecule has 0 bridgehead atoms. The number of rotatable bonds is 7. The molecule has 9 nitrogen and oxygen atoms in total. The zero-order valence-corrected chi connectivity index (χ0v) is 20.4. The van der Waals surface area contributed by atoms with Gasteiger partial charge in [0.15, 0.2) is 11.9 Å². The fourth-order valence-corrected chi connectivity index (χ4v) is 4.69. The van der Waals surface area contributed by atoms with E-state index in [1.165, 1.54) is 35.7 Å². The number of hydrogen-bond acceptors (Lipinski definition) is 8. The second kappa shape index (κ2) is 9.66. The van der Waals surface area contributed by atoms with Crippen LogP contribution < -0.4 is 4.74 Å². The second-order valence-corrected chi connectivity index (χ2v) is 9.46. The Morgan fingerprint density at radius 3 is 2.85 bits per heavy atom. The van der Waals surface area contributed by atoms with E-state index in [1.54, 1.807) is 23.9 Å². The molecule has 34 heavy (non-hydrogen) atoms. The lowest BCUT2D eigenvalue weighted by molar-refractivity contribution is -0.390. The van der Waals surface area contributed by atoms with Crippen molar-refractivity contribution in [3.63, 3.8) is 0 Å². The number of thiazole rings is 1. The summed E-state index contributed by atoms with van der Waals surface area (Å²) in [5.41, 5.74) is 2.93. The number of hydrogen-bond donors (Lipinski definition) is 0. The number of aromatic nitrogens is 4. The summed E-state index contributed by atoms with van der Waals surface area (Å²) in [6.45, 7) is 1.74. The van der Waals surface area contributed by atoms with Crippen molar-refractivity contribution in [1.29, 1.82) is 5.26 Å². The van der Waals surface area contributed by atoms with Crippen LogP contribution >= 0.6 is 27.3 Å². The Kier molecular flexibility index (Phi) is 6.67. The Morgan fingerprint density at radius 2 is 2.15 bits per heavy atom. The molecule has 0 radical (unpaired) electrons. The Balaban J connectivity index is 1.70. The van der Waals surface area contributed by atoms with Gasteiger partial charge in [0.05, 0.1) is 15.2 Å². The number of ether oxygens (including phenoxy) is 1. The predicted octanol–water partition coefficient (Wildman–Crippen LogP) is 5.10. The number of nitrogens with zero attached hydrogens (tertiary/aromatic N) is 6. The highest BCUT2D eigenvalue weighted by molar-refractivity contribution is 9.10. The summed E-state index contributed by atoms with van der Waals surface area (Å²) in [5, 5.41) is 25.4. The molecule has 0 aliphatic heterocycles. The van der Waals surface area contributed by atoms with Crippen molar-refractivity contribution in [3.05, 3.63) is 83.8 Å². The van der Waals surface area contributed by atoms with Crippen LogP contribution in [0.1, 0.15) is 26.8 Å². The highest BCUT2D eigenvalue weighted by atomic mass is 79.9. The van der Waals surface area contributed by atoms with Gasteiger partial charge in [0.2, 0.25) is 5.75 Å². The molecule has 4 aromatic rings. The SMILES string of the molecule is Cc1nc(-c2ccc(F)cc2COc2cc(Br)cnc2[N+](=O)[O-])c(Cc2cc(C#N)nn2C)s1. The molecule has 0 saturated carbocycles. The zero-order chi connectivity index (χ0) is 24.4. The summed E-state index contributed by atoms with van der Waals surface area (Å²) in [4.78, 5) is 20.0. The van der Waals surface area contributed by atoms with Crippen molar-refractivity contribution < 1.29 is 14.1 Å². The quantitative estimate of drug-likeness (QED) is 0.235. The lowest BCUT2D eigenvalue weighted by Crippen LogP contribution is -2.04. The third kappa shape index (κ3) is 4.95. The van der Waals surface area contributed by atoms with Gasteiger partial charge in [0.1, 0.15) is 18.5 Å². The Morgan fingerprint density at radius 1 is 1.35 bits per heavy atom. The van der Waals surface area contributed by atoms with E-state index in [4.69, 9.17) is 10.00 Å². The van der Waals surface area contributed by atoms with Gasteiger partial charge in [0.25, 0.3) is 0 Å². The van der Waals surface area contributed by atoms with E-state index in [-0.39, 0.29) is 12.4 Å². The van der Waals surface area contributed by atoms with Crippen LogP contribution in [0.5, 0.6) is 5.75 Å². The molecule has 0 fully saturated rings. The van der Waals surface area contributed by atoms with E-state index in [0.29, 0.717) is 33.4 Å². The zero-order valence-electron chi connectivity index (χ0n) is 18.0. The molecular formula is C22H16BrFN6O3S. The lowest BCUT2D eigenvalue weighted by Gasteiger charge is -2.12. The first-order chi connectivity index (χ1) is 16.2. The molecule has 4 rings (SSSR count). The van der Waals surface area contributed by atoms with Gasteiger partial charge in [-0.15, -0.1) is 11.3 Å².